The minimum absolute atomic E-state index is 0.0171. The number of hydrogen-bond acceptors (Lipinski definition) is 6. The molecule has 0 radical (unpaired) electrons. The van der Waals surface area contributed by atoms with E-state index in [9.17, 15) is 19.2 Å². The highest BCUT2D eigenvalue weighted by Crippen LogP contribution is 2.65. The van der Waals surface area contributed by atoms with E-state index in [4.69, 9.17) is 9.47 Å². The maximum Gasteiger partial charge on any atom is 0.271 e. The maximum atomic E-state index is 13.6. The van der Waals surface area contributed by atoms with Gasteiger partial charge in [-0.3, -0.25) is 14.4 Å². The number of aromatic amines is 1. The molecule has 0 unspecified atom stereocenters. The molecule has 0 bridgehead atoms. The molecule has 6 rings (SSSR count). The Hall–Kier alpha value is -3.56. The molecular formula is C25H28N4O6. The number of likely N-dealkylation sites (tertiary alicyclic amines) is 1. The first kappa shape index (κ1) is 21.9. The fraction of sp³-hybridized carbons (Fsp3) is 0.520. The SMILES string of the molecule is CC1(C)[C@@H]2[C@@H](C(=O)N[C@H](C=O)C[C@@H]3CCNC3=O)N(C(=O)c3cc4cc5c(cc4[nH]3)OCO5)C[C@@H]21. The highest BCUT2D eigenvalue weighted by molar-refractivity contribution is 6.01. The van der Waals surface area contributed by atoms with Crippen LogP contribution >= 0.6 is 0 Å². The highest BCUT2D eigenvalue weighted by Gasteiger charge is 2.69. The van der Waals surface area contributed by atoms with Gasteiger partial charge < -0.3 is 34.8 Å². The summed E-state index contributed by atoms with van der Waals surface area (Å²) in [6, 6.07) is 3.94. The molecule has 184 valence electrons. The van der Waals surface area contributed by atoms with E-state index < -0.39 is 12.1 Å². The molecule has 1 aliphatic carbocycles. The smallest absolute Gasteiger partial charge is 0.271 e. The van der Waals surface area contributed by atoms with Crippen molar-refractivity contribution >= 4 is 34.9 Å². The number of carbonyl (C=O) groups excluding carboxylic acids is 4. The van der Waals surface area contributed by atoms with Gasteiger partial charge in [-0.15, -0.1) is 0 Å². The Bertz CT molecular complexity index is 1210. The van der Waals surface area contributed by atoms with Crippen molar-refractivity contribution in [2.24, 2.45) is 23.2 Å². The number of benzene rings is 1. The summed E-state index contributed by atoms with van der Waals surface area (Å²) >= 11 is 0. The van der Waals surface area contributed by atoms with Crippen LogP contribution in [-0.4, -0.2) is 65.9 Å². The molecule has 1 aromatic carbocycles. The van der Waals surface area contributed by atoms with Crippen molar-refractivity contribution in [3.63, 3.8) is 0 Å². The standard InChI is InChI=1S/C25H28N4O6/c1-25(2)15-9-29(24(33)17-6-13-7-18-19(35-11-34-18)8-16(13)28-17)21(20(15)25)23(32)27-14(10-30)5-12-3-4-26-22(12)31/h6-8,10,12,14-15,20-21,28H,3-5,9,11H2,1-2H3,(H,26,31)(H,27,32)/t12-,14-,15-,20-,21-/m0/s1. The number of hydrogen-bond donors (Lipinski definition) is 3. The van der Waals surface area contributed by atoms with Crippen LogP contribution in [0.15, 0.2) is 18.2 Å². The lowest BCUT2D eigenvalue weighted by atomic mass is 9.97. The lowest BCUT2D eigenvalue weighted by molar-refractivity contribution is -0.129. The lowest BCUT2D eigenvalue weighted by Gasteiger charge is -2.30. The summed E-state index contributed by atoms with van der Waals surface area (Å²) in [5.74, 6) is 0.498. The summed E-state index contributed by atoms with van der Waals surface area (Å²) in [7, 11) is 0. The van der Waals surface area contributed by atoms with Crippen molar-refractivity contribution in [1.82, 2.24) is 20.5 Å². The number of nitrogens with zero attached hydrogens (tertiary/aromatic N) is 1. The molecule has 2 aromatic rings. The molecule has 2 saturated heterocycles. The molecule has 3 aliphatic heterocycles. The van der Waals surface area contributed by atoms with Crippen LogP contribution in [0, 0.1) is 23.2 Å². The monoisotopic (exact) mass is 480 g/mol. The number of fused-ring (bicyclic) bond motifs is 3. The summed E-state index contributed by atoms with van der Waals surface area (Å²) in [6.07, 6.45) is 1.59. The van der Waals surface area contributed by atoms with Crippen molar-refractivity contribution in [2.75, 3.05) is 19.9 Å². The van der Waals surface area contributed by atoms with Crippen LogP contribution in [0.3, 0.4) is 0 Å². The zero-order valence-electron chi connectivity index (χ0n) is 19.6. The summed E-state index contributed by atoms with van der Waals surface area (Å²) in [5.41, 5.74) is 1.07. The molecule has 1 aromatic heterocycles. The van der Waals surface area contributed by atoms with E-state index in [1.807, 2.05) is 6.07 Å². The maximum absolute atomic E-state index is 13.6. The zero-order chi connectivity index (χ0) is 24.5. The number of H-pyrrole nitrogens is 1. The van der Waals surface area contributed by atoms with E-state index in [1.54, 1.807) is 17.0 Å². The molecule has 3 fully saturated rings. The second-order valence-electron chi connectivity index (χ2n) is 10.6. The van der Waals surface area contributed by atoms with Crippen LogP contribution in [0.25, 0.3) is 10.9 Å². The van der Waals surface area contributed by atoms with Gasteiger partial charge in [0, 0.05) is 36.0 Å². The summed E-state index contributed by atoms with van der Waals surface area (Å²) in [5, 5.41) is 6.40. The molecule has 0 spiro atoms. The predicted octanol–water partition coefficient (Wildman–Crippen LogP) is 1.20. The number of nitrogens with one attached hydrogen (secondary N) is 3. The minimum atomic E-state index is -0.773. The van der Waals surface area contributed by atoms with Gasteiger partial charge in [-0.25, -0.2) is 0 Å². The third-order valence-electron chi connectivity index (χ3n) is 8.28. The number of aldehydes is 1. The first-order valence-electron chi connectivity index (χ1n) is 12.0. The number of aromatic nitrogens is 1. The number of amides is 3. The Balaban J connectivity index is 1.23. The fourth-order valence-electron chi connectivity index (χ4n) is 6.18. The lowest BCUT2D eigenvalue weighted by Crippen LogP contribution is -2.52. The quantitative estimate of drug-likeness (QED) is 0.533. The summed E-state index contributed by atoms with van der Waals surface area (Å²) in [6.45, 7) is 5.44. The average molecular weight is 481 g/mol. The number of rotatable bonds is 6. The highest BCUT2D eigenvalue weighted by atomic mass is 16.7. The third-order valence-corrected chi connectivity index (χ3v) is 8.28. The Morgan fingerprint density at radius 1 is 1.26 bits per heavy atom. The average Bonchev–Trinajstić information content (AvgIpc) is 3.46. The first-order valence-corrected chi connectivity index (χ1v) is 12.0. The van der Waals surface area contributed by atoms with Gasteiger partial charge in [0.1, 0.15) is 18.0 Å². The van der Waals surface area contributed by atoms with Crippen LogP contribution in [0.4, 0.5) is 0 Å². The predicted molar refractivity (Wildman–Crippen MR) is 124 cm³/mol. The van der Waals surface area contributed by atoms with Gasteiger partial charge in [0.2, 0.25) is 18.6 Å². The van der Waals surface area contributed by atoms with E-state index in [0.29, 0.717) is 43.0 Å². The van der Waals surface area contributed by atoms with Crippen LogP contribution in [-0.2, 0) is 14.4 Å². The van der Waals surface area contributed by atoms with Crippen LogP contribution in [0.5, 0.6) is 11.5 Å². The Morgan fingerprint density at radius 3 is 2.74 bits per heavy atom. The first-order chi connectivity index (χ1) is 16.8. The molecule has 3 amide bonds. The van der Waals surface area contributed by atoms with E-state index in [0.717, 1.165) is 10.9 Å². The van der Waals surface area contributed by atoms with Crippen molar-refractivity contribution in [2.45, 2.75) is 38.8 Å². The van der Waals surface area contributed by atoms with Gasteiger partial charge in [0.25, 0.3) is 5.91 Å². The molecule has 4 aliphatic rings. The van der Waals surface area contributed by atoms with E-state index in [1.165, 1.54) is 0 Å². The molecule has 3 N–H and O–H groups in total. The molecule has 1 saturated carbocycles. The van der Waals surface area contributed by atoms with Crippen molar-refractivity contribution < 1.29 is 28.7 Å². The molecular weight excluding hydrogens is 452 g/mol. The van der Waals surface area contributed by atoms with Gasteiger partial charge in [-0.05, 0) is 42.2 Å². The van der Waals surface area contributed by atoms with Gasteiger partial charge in [0.15, 0.2) is 11.5 Å². The van der Waals surface area contributed by atoms with Gasteiger partial charge in [-0.2, -0.15) is 0 Å². The van der Waals surface area contributed by atoms with Gasteiger partial charge in [-0.1, -0.05) is 13.8 Å². The van der Waals surface area contributed by atoms with Gasteiger partial charge in [0.05, 0.1) is 6.04 Å². The third kappa shape index (κ3) is 3.45. The minimum Gasteiger partial charge on any atom is -0.454 e. The fourth-order valence-corrected chi connectivity index (χ4v) is 6.18. The molecule has 10 nitrogen and oxygen atoms in total. The van der Waals surface area contributed by atoms with E-state index in [2.05, 4.69) is 29.5 Å². The van der Waals surface area contributed by atoms with E-state index >= 15 is 0 Å². The topological polar surface area (TPSA) is 130 Å². The number of piperidine rings is 1. The summed E-state index contributed by atoms with van der Waals surface area (Å²) in [4.78, 5) is 55.5. The van der Waals surface area contributed by atoms with Crippen LogP contribution in [0.1, 0.15) is 37.2 Å². The number of ether oxygens (including phenoxy) is 2. The molecule has 4 heterocycles. The largest absolute Gasteiger partial charge is 0.454 e. The van der Waals surface area contributed by atoms with Gasteiger partial charge >= 0.3 is 0 Å². The normalized spacial score (nSPS) is 28.5. The van der Waals surface area contributed by atoms with Crippen molar-refractivity contribution in [3.8, 4) is 11.5 Å². The summed E-state index contributed by atoms with van der Waals surface area (Å²) < 4.78 is 10.9. The molecule has 10 heteroatoms. The second-order valence-corrected chi connectivity index (χ2v) is 10.6. The second kappa shape index (κ2) is 7.73. The Morgan fingerprint density at radius 2 is 2.03 bits per heavy atom. The van der Waals surface area contributed by atoms with Crippen molar-refractivity contribution in [1.29, 1.82) is 0 Å². The Labute approximate surface area is 201 Å². The number of carbonyl (C=O) groups is 4. The molecule has 35 heavy (non-hydrogen) atoms. The van der Waals surface area contributed by atoms with Crippen molar-refractivity contribution in [3.05, 3.63) is 23.9 Å². The molecule has 5 atom stereocenters. The van der Waals surface area contributed by atoms with Crippen LogP contribution < -0.4 is 20.1 Å². The zero-order valence-corrected chi connectivity index (χ0v) is 19.6. The van der Waals surface area contributed by atoms with E-state index in [-0.39, 0.29) is 54.1 Å². The Kier molecular flexibility index (Phi) is 4.84. The van der Waals surface area contributed by atoms with Crippen LogP contribution in [0.2, 0.25) is 0 Å².